The van der Waals surface area contributed by atoms with Gasteiger partial charge in [-0.05, 0) is 49.1 Å². The van der Waals surface area contributed by atoms with Crippen molar-refractivity contribution in [3.8, 4) is 0 Å². The third kappa shape index (κ3) is 2.83. The van der Waals surface area contributed by atoms with Crippen LogP contribution in [0.5, 0.6) is 0 Å². The molecule has 2 aliphatic rings. The van der Waals surface area contributed by atoms with Crippen LogP contribution in [0.1, 0.15) is 39.4 Å². The summed E-state index contributed by atoms with van der Waals surface area (Å²) in [5.74, 6) is 2.82. The van der Waals surface area contributed by atoms with E-state index in [9.17, 15) is 4.79 Å². The summed E-state index contributed by atoms with van der Waals surface area (Å²) in [5.41, 5.74) is 7.14. The predicted molar refractivity (Wildman–Crippen MR) is 81.8 cm³/mol. The van der Waals surface area contributed by atoms with Crippen LogP contribution in [0.3, 0.4) is 0 Å². The van der Waals surface area contributed by atoms with Crippen molar-refractivity contribution in [1.29, 1.82) is 0 Å². The minimum Gasteiger partial charge on any atom is -0.348 e. The van der Waals surface area contributed by atoms with Gasteiger partial charge in [0.1, 0.15) is 0 Å². The first-order valence-corrected chi connectivity index (χ1v) is 8.95. The van der Waals surface area contributed by atoms with Crippen molar-refractivity contribution in [2.75, 3.05) is 12.3 Å². The van der Waals surface area contributed by atoms with Crippen molar-refractivity contribution >= 4 is 29.0 Å². The summed E-state index contributed by atoms with van der Waals surface area (Å²) < 4.78 is 0. The second-order valence-electron chi connectivity index (χ2n) is 5.37. The summed E-state index contributed by atoms with van der Waals surface area (Å²) in [6.45, 7) is 0.683. The first-order valence-electron chi connectivity index (χ1n) is 6.98. The maximum atomic E-state index is 12.3. The highest BCUT2D eigenvalue weighted by Crippen LogP contribution is 2.32. The molecule has 5 heteroatoms. The van der Waals surface area contributed by atoms with Crippen LogP contribution < -0.4 is 11.1 Å². The van der Waals surface area contributed by atoms with E-state index in [1.165, 1.54) is 22.6 Å². The molecule has 1 amide bonds. The van der Waals surface area contributed by atoms with Gasteiger partial charge in [0, 0.05) is 16.7 Å². The van der Waals surface area contributed by atoms with Crippen molar-refractivity contribution in [2.24, 2.45) is 11.7 Å². The van der Waals surface area contributed by atoms with Gasteiger partial charge in [-0.25, -0.2) is 0 Å². The Kier molecular flexibility index (Phi) is 4.15. The molecule has 0 spiro atoms. The Morgan fingerprint density at radius 1 is 1.47 bits per heavy atom. The molecule has 1 aliphatic heterocycles. The number of nitrogens with one attached hydrogen (secondary N) is 1. The van der Waals surface area contributed by atoms with Crippen molar-refractivity contribution in [3.05, 3.63) is 21.4 Å². The lowest BCUT2D eigenvalue weighted by Gasteiger charge is -2.18. The molecule has 3 N–H and O–H groups in total. The average molecular weight is 296 g/mol. The second kappa shape index (κ2) is 5.85. The van der Waals surface area contributed by atoms with Gasteiger partial charge >= 0.3 is 0 Å². The van der Waals surface area contributed by atoms with E-state index < -0.39 is 0 Å². The Balaban J connectivity index is 1.68. The second-order valence-corrected chi connectivity index (χ2v) is 7.61. The molecule has 1 saturated carbocycles. The Labute approximate surface area is 122 Å². The highest BCUT2D eigenvalue weighted by molar-refractivity contribution is 7.98. The van der Waals surface area contributed by atoms with Crippen LogP contribution >= 0.6 is 23.1 Å². The summed E-state index contributed by atoms with van der Waals surface area (Å²) in [7, 11) is 0. The van der Waals surface area contributed by atoms with Crippen molar-refractivity contribution in [1.82, 2.24) is 5.32 Å². The fourth-order valence-corrected chi connectivity index (χ4v) is 5.28. The summed E-state index contributed by atoms with van der Waals surface area (Å²) in [4.78, 5) is 14.6. The molecule has 0 aromatic carbocycles. The first-order chi connectivity index (χ1) is 9.28. The van der Waals surface area contributed by atoms with Gasteiger partial charge in [-0.1, -0.05) is 6.42 Å². The van der Waals surface area contributed by atoms with Gasteiger partial charge in [-0.15, -0.1) is 11.3 Å². The lowest BCUT2D eigenvalue weighted by molar-refractivity contribution is 0.0933. The Morgan fingerprint density at radius 3 is 3.16 bits per heavy atom. The van der Waals surface area contributed by atoms with E-state index in [4.69, 9.17) is 5.73 Å². The SMILES string of the molecule is NCC1CCCC1NC(=O)c1cc2c(s1)CCSC2. The highest BCUT2D eigenvalue weighted by Gasteiger charge is 2.28. The van der Waals surface area contributed by atoms with Gasteiger partial charge in [0.05, 0.1) is 4.88 Å². The van der Waals surface area contributed by atoms with E-state index in [0.29, 0.717) is 12.5 Å². The number of hydrogen-bond donors (Lipinski definition) is 2. The highest BCUT2D eigenvalue weighted by atomic mass is 32.2. The van der Waals surface area contributed by atoms with Crippen molar-refractivity contribution in [2.45, 2.75) is 37.5 Å². The summed E-state index contributed by atoms with van der Waals surface area (Å²) in [5, 5.41) is 3.19. The molecule has 2 atom stereocenters. The molecule has 1 fully saturated rings. The largest absolute Gasteiger partial charge is 0.348 e. The number of rotatable bonds is 3. The Hall–Kier alpha value is -0.520. The maximum absolute atomic E-state index is 12.3. The van der Waals surface area contributed by atoms with Crippen molar-refractivity contribution < 1.29 is 4.79 Å². The number of thioether (sulfide) groups is 1. The van der Waals surface area contributed by atoms with Crippen LogP contribution in [-0.4, -0.2) is 24.2 Å². The quantitative estimate of drug-likeness (QED) is 0.900. The number of carbonyl (C=O) groups is 1. The van der Waals surface area contributed by atoms with Crippen LogP contribution in [0, 0.1) is 5.92 Å². The number of thiophene rings is 1. The number of nitrogens with two attached hydrogens (primary N) is 1. The topological polar surface area (TPSA) is 55.1 Å². The van der Waals surface area contributed by atoms with Crippen LogP contribution in [0.2, 0.25) is 0 Å². The lowest BCUT2D eigenvalue weighted by Crippen LogP contribution is -2.39. The molecular formula is C14H20N2OS2. The van der Waals surface area contributed by atoms with E-state index in [-0.39, 0.29) is 11.9 Å². The smallest absolute Gasteiger partial charge is 0.261 e. The van der Waals surface area contributed by atoms with E-state index in [1.54, 1.807) is 11.3 Å². The normalized spacial score (nSPS) is 26.2. The molecule has 1 aromatic heterocycles. The molecule has 1 aromatic rings. The van der Waals surface area contributed by atoms with Gasteiger partial charge in [0.25, 0.3) is 5.91 Å². The number of fused-ring (bicyclic) bond motifs is 1. The number of aryl methyl sites for hydroxylation is 1. The molecule has 2 heterocycles. The van der Waals surface area contributed by atoms with Gasteiger partial charge < -0.3 is 11.1 Å². The number of amides is 1. The average Bonchev–Trinajstić information content (AvgIpc) is 3.03. The first kappa shape index (κ1) is 13.5. The summed E-state index contributed by atoms with van der Waals surface area (Å²) in [6.07, 6.45) is 4.53. The van der Waals surface area contributed by atoms with Gasteiger partial charge in [0.2, 0.25) is 0 Å². The molecule has 3 rings (SSSR count). The molecule has 104 valence electrons. The molecular weight excluding hydrogens is 276 g/mol. The monoisotopic (exact) mass is 296 g/mol. The van der Waals surface area contributed by atoms with Crippen LogP contribution in [0.25, 0.3) is 0 Å². The molecule has 1 aliphatic carbocycles. The molecule has 19 heavy (non-hydrogen) atoms. The van der Waals surface area contributed by atoms with E-state index in [1.807, 2.05) is 11.8 Å². The zero-order valence-corrected chi connectivity index (χ0v) is 12.6. The van der Waals surface area contributed by atoms with Gasteiger partial charge in [-0.2, -0.15) is 11.8 Å². The van der Waals surface area contributed by atoms with Crippen molar-refractivity contribution in [3.63, 3.8) is 0 Å². The Morgan fingerprint density at radius 2 is 2.37 bits per heavy atom. The Bertz CT molecular complexity index is 449. The fourth-order valence-electron chi connectivity index (χ4n) is 3.01. The maximum Gasteiger partial charge on any atom is 0.261 e. The predicted octanol–water partition coefficient (Wildman–Crippen LogP) is 2.39. The molecule has 0 radical (unpaired) electrons. The van der Waals surface area contributed by atoms with Crippen LogP contribution in [-0.2, 0) is 12.2 Å². The summed E-state index contributed by atoms with van der Waals surface area (Å²) >= 11 is 3.64. The number of carbonyl (C=O) groups excluding carboxylic acids is 1. The molecule has 3 nitrogen and oxygen atoms in total. The minimum absolute atomic E-state index is 0.106. The minimum atomic E-state index is 0.106. The standard InChI is InChI=1S/C14H20N2OS2/c15-7-9-2-1-3-11(9)16-14(17)13-6-10-8-18-5-4-12(10)19-13/h6,9,11H,1-5,7-8,15H2,(H,16,17). The van der Waals surface area contributed by atoms with Gasteiger partial charge in [-0.3, -0.25) is 4.79 Å². The van der Waals surface area contributed by atoms with Crippen LogP contribution in [0.4, 0.5) is 0 Å². The van der Waals surface area contributed by atoms with Crippen LogP contribution in [0.15, 0.2) is 6.07 Å². The molecule has 2 unspecified atom stereocenters. The number of hydrogen-bond acceptors (Lipinski definition) is 4. The van der Waals surface area contributed by atoms with Gasteiger partial charge in [0.15, 0.2) is 0 Å². The van der Waals surface area contributed by atoms with E-state index in [2.05, 4.69) is 11.4 Å². The molecule has 0 saturated heterocycles. The zero-order valence-electron chi connectivity index (χ0n) is 11.0. The van der Waals surface area contributed by atoms with E-state index >= 15 is 0 Å². The summed E-state index contributed by atoms with van der Waals surface area (Å²) in [6, 6.07) is 2.37. The van der Waals surface area contributed by atoms with E-state index in [0.717, 1.165) is 29.9 Å². The third-order valence-corrected chi connectivity index (χ3v) is 6.37. The lowest BCUT2D eigenvalue weighted by atomic mass is 10.0. The fraction of sp³-hybridized carbons (Fsp3) is 0.643. The zero-order chi connectivity index (χ0) is 13.2. The molecule has 0 bridgehead atoms. The third-order valence-electron chi connectivity index (χ3n) is 4.13.